The van der Waals surface area contributed by atoms with Crippen LogP contribution in [0.15, 0.2) is 24.3 Å². The molecule has 0 spiro atoms. The summed E-state index contributed by atoms with van der Waals surface area (Å²) in [6.07, 6.45) is 5.62. The van der Waals surface area contributed by atoms with Crippen LogP contribution in [0.25, 0.3) is 0 Å². The highest BCUT2D eigenvalue weighted by molar-refractivity contribution is 5.24. The average Bonchev–Trinajstić information content (AvgIpc) is 2.21. The summed E-state index contributed by atoms with van der Waals surface area (Å²) in [4.78, 5) is 0. The van der Waals surface area contributed by atoms with Gasteiger partial charge >= 0.3 is 0 Å². The van der Waals surface area contributed by atoms with Gasteiger partial charge in [0, 0.05) is 0 Å². The lowest BCUT2D eigenvalue weighted by atomic mass is 9.79. The lowest BCUT2D eigenvalue weighted by molar-refractivity contribution is 0.348. The molecule has 0 amide bonds. The van der Waals surface area contributed by atoms with Crippen LogP contribution < -0.4 is 0 Å². The summed E-state index contributed by atoms with van der Waals surface area (Å²) in [5.41, 5.74) is 2.93. The third-order valence-electron chi connectivity index (χ3n) is 3.56. The first kappa shape index (κ1) is 12.3. The van der Waals surface area contributed by atoms with E-state index in [0.717, 1.165) is 11.8 Å². The average molecular weight is 204 g/mol. The van der Waals surface area contributed by atoms with E-state index in [0.29, 0.717) is 0 Å². The van der Waals surface area contributed by atoms with E-state index >= 15 is 0 Å². The molecule has 84 valence electrons. The van der Waals surface area contributed by atoms with Gasteiger partial charge in [-0.3, -0.25) is 0 Å². The molecule has 0 heteroatoms. The second-order valence-corrected chi connectivity index (χ2v) is 4.87. The quantitative estimate of drug-likeness (QED) is 0.608. The van der Waals surface area contributed by atoms with Crippen LogP contribution in [0.1, 0.15) is 57.1 Å². The number of rotatable bonds is 1. The van der Waals surface area contributed by atoms with Gasteiger partial charge in [-0.15, -0.1) is 0 Å². The molecule has 1 aliphatic carbocycles. The molecule has 15 heavy (non-hydrogen) atoms. The Labute approximate surface area is 94.7 Å². The Kier molecular flexibility index (Phi) is 4.38. The molecule has 1 aromatic carbocycles. The number of hydrogen-bond donors (Lipinski definition) is 0. The molecule has 0 radical (unpaired) electrons. The highest BCUT2D eigenvalue weighted by Crippen LogP contribution is 2.35. The van der Waals surface area contributed by atoms with Crippen molar-refractivity contribution in [3.8, 4) is 0 Å². The van der Waals surface area contributed by atoms with Gasteiger partial charge in [0.15, 0.2) is 0 Å². The Morgan fingerprint density at radius 2 is 1.47 bits per heavy atom. The predicted molar refractivity (Wildman–Crippen MR) is 68.3 cm³/mol. The number of hydrogen-bond acceptors (Lipinski definition) is 0. The molecule has 2 rings (SSSR count). The molecule has 0 unspecified atom stereocenters. The molecule has 0 N–H and O–H groups in total. The van der Waals surface area contributed by atoms with Crippen molar-refractivity contribution < 1.29 is 0 Å². The van der Waals surface area contributed by atoms with Gasteiger partial charge in [0.1, 0.15) is 0 Å². The molecule has 0 heterocycles. The minimum absolute atomic E-state index is 0. The summed E-state index contributed by atoms with van der Waals surface area (Å²) in [5.74, 6) is 1.79. The van der Waals surface area contributed by atoms with Crippen molar-refractivity contribution in [1.29, 1.82) is 0 Å². The zero-order valence-corrected chi connectivity index (χ0v) is 9.29. The normalized spacial score (nSPS) is 25.7. The van der Waals surface area contributed by atoms with E-state index in [1.165, 1.54) is 31.2 Å². The van der Waals surface area contributed by atoms with E-state index in [1.54, 1.807) is 5.56 Å². The van der Waals surface area contributed by atoms with Crippen molar-refractivity contribution in [1.82, 2.24) is 0 Å². The molecule has 0 aromatic heterocycles. The lowest BCUT2D eigenvalue weighted by Gasteiger charge is -2.26. The Balaban J connectivity index is 0.00000112. The van der Waals surface area contributed by atoms with Gasteiger partial charge in [-0.2, -0.15) is 0 Å². The van der Waals surface area contributed by atoms with E-state index < -0.39 is 0 Å². The molecular weight excluding hydrogens is 180 g/mol. The standard InChI is InChI=1S/C14H20.CH4/c1-11-3-7-13(8-4-11)14-9-5-12(2)6-10-14;/h3-4,7-8,12,14H,5-6,9-10H2,1-2H3;1H4. The Bertz CT molecular complexity index is 275. The Morgan fingerprint density at radius 1 is 0.933 bits per heavy atom. The molecule has 1 fully saturated rings. The first-order valence-electron chi connectivity index (χ1n) is 5.82. The van der Waals surface area contributed by atoms with Crippen molar-refractivity contribution in [2.75, 3.05) is 0 Å². The molecule has 0 aliphatic heterocycles. The fourth-order valence-electron chi connectivity index (χ4n) is 2.43. The maximum atomic E-state index is 2.38. The van der Waals surface area contributed by atoms with Crippen LogP contribution in [0.3, 0.4) is 0 Å². The Hall–Kier alpha value is -0.780. The molecule has 0 saturated heterocycles. The molecule has 1 saturated carbocycles. The minimum Gasteiger partial charge on any atom is -0.0776 e. The van der Waals surface area contributed by atoms with Gasteiger partial charge in [-0.05, 0) is 37.2 Å². The fraction of sp³-hybridized carbons (Fsp3) is 0.600. The maximum absolute atomic E-state index is 2.38. The smallest absolute Gasteiger partial charge is 0.0162 e. The van der Waals surface area contributed by atoms with Crippen LogP contribution in [-0.2, 0) is 0 Å². The largest absolute Gasteiger partial charge is 0.0776 e. The van der Waals surface area contributed by atoms with Gasteiger partial charge in [-0.25, -0.2) is 0 Å². The molecular formula is C15H24. The maximum Gasteiger partial charge on any atom is -0.0162 e. The van der Waals surface area contributed by atoms with Gasteiger partial charge in [0.2, 0.25) is 0 Å². The zero-order chi connectivity index (χ0) is 9.97. The van der Waals surface area contributed by atoms with Crippen molar-refractivity contribution in [2.24, 2.45) is 5.92 Å². The third kappa shape index (κ3) is 3.09. The zero-order valence-electron chi connectivity index (χ0n) is 9.29. The first-order chi connectivity index (χ1) is 6.75. The molecule has 0 nitrogen and oxygen atoms in total. The SMILES string of the molecule is C.Cc1ccc(C2CCC(C)CC2)cc1. The second-order valence-electron chi connectivity index (χ2n) is 4.87. The monoisotopic (exact) mass is 204 g/mol. The molecule has 0 bridgehead atoms. The van der Waals surface area contributed by atoms with Crippen LogP contribution in [-0.4, -0.2) is 0 Å². The van der Waals surface area contributed by atoms with E-state index in [1.807, 2.05) is 0 Å². The highest BCUT2D eigenvalue weighted by atomic mass is 14.2. The van der Waals surface area contributed by atoms with Gasteiger partial charge < -0.3 is 0 Å². The predicted octanol–water partition coefficient (Wildman–Crippen LogP) is 4.92. The summed E-state index contributed by atoms with van der Waals surface area (Å²) < 4.78 is 0. The van der Waals surface area contributed by atoms with Crippen LogP contribution >= 0.6 is 0 Å². The van der Waals surface area contributed by atoms with Crippen LogP contribution in [0.4, 0.5) is 0 Å². The summed E-state index contributed by atoms with van der Waals surface area (Å²) in [5, 5.41) is 0. The topological polar surface area (TPSA) is 0 Å². The first-order valence-corrected chi connectivity index (χ1v) is 5.82. The highest BCUT2D eigenvalue weighted by Gasteiger charge is 2.19. The van der Waals surface area contributed by atoms with Gasteiger partial charge in [0.25, 0.3) is 0 Å². The number of benzene rings is 1. The Morgan fingerprint density at radius 3 is 2.00 bits per heavy atom. The van der Waals surface area contributed by atoms with Crippen molar-refractivity contribution in [3.63, 3.8) is 0 Å². The van der Waals surface area contributed by atoms with Gasteiger partial charge in [0.05, 0.1) is 0 Å². The van der Waals surface area contributed by atoms with E-state index in [4.69, 9.17) is 0 Å². The minimum atomic E-state index is 0. The van der Waals surface area contributed by atoms with Crippen LogP contribution in [0.5, 0.6) is 0 Å². The third-order valence-corrected chi connectivity index (χ3v) is 3.56. The summed E-state index contributed by atoms with van der Waals surface area (Å²) in [6.45, 7) is 4.54. The van der Waals surface area contributed by atoms with E-state index in [-0.39, 0.29) is 7.43 Å². The molecule has 1 aromatic rings. The molecule has 0 atom stereocenters. The van der Waals surface area contributed by atoms with Gasteiger partial charge in [-0.1, -0.05) is 57.0 Å². The van der Waals surface area contributed by atoms with E-state index in [9.17, 15) is 0 Å². The van der Waals surface area contributed by atoms with Crippen LogP contribution in [0.2, 0.25) is 0 Å². The van der Waals surface area contributed by atoms with Crippen molar-refractivity contribution in [3.05, 3.63) is 35.4 Å². The van der Waals surface area contributed by atoms with E-state index in [2.05, 4.69) is 38.1 Å². The fourth-order valence-corrected chi connectivity index (χ4v) is 2.43. The van der Waals surface area contributed by atoms with Crippen molar-refractivity contribution in [2.45, 2.75) is 52.9 Å². The summed E-state index contributed by atoms with van der Waals surface area (Å²) in [7, 11) is 0. The lowest BCUT2D eigenvalue weighted by Crippen LogP contribution is -2.10. The van der Waals surface area contributed by atoms with Crippen molar-refractivity contribution >= 4 is 0 Å². The number of aryl methyl sites for hydroxylation is 1. The molecule has 1 aliphatic rings. The van der Waals surface area contributed by atoms with Crippen LogP contribution in [0, 0.1) is 12.8 Å². The summed E-state index contributed by atoms with van der Waals surface area (Å²) >= 11 is 0. The summed E-state index contributed by atoms with van der Waals surface area (Å²) in [6, 6.07) is 9.12. The second kappa shape index (κ2) is 5.34.